The Kier molecular flexibility index (Phi) is 4.82. The van der Waals surface area contributed by atoms with Gasteiger partial charge in [0.15, 0.2) is 5.78 Å². The van der Waals surface area contributed by atoms with E-state index in [2.05, 4.69) is 13.0 Å². The summed E-state index contributed by atoms with van der Waals surface area (Å²) < 4.78 is 5.73. The zero-order valence-corrected chi connectivity index (χ0v) is 17.6. The van der Waals surface area contributed by atoms with Gasteiger partial charge in [0, 0.05) is 30.1 Å². The summed E-state index contributed by atoms with van der Waals surface area (Å²) in [6.45, 7) is 4.63. The summed E-state index contributed by atoms with van der Waals surface area (Å²) in [5.74, 6) is -1.05. The Bertz CT molecular complexity index is 786. The van der Waals surface area contributed by atoms with E-state index in [-0.39, 0.29) is 48.5 Å². The first-order valence-electron chi connectivity index (χ1n) is 10.9. The summed E-state index contributed by atoms with van der Waals surface area (Å²) in [6.07, 6.45) is 6.23. The molecule has 29 heavy (non-hydrogen) atoms. The number of ether oxygens (including phenoxy) is 1. The number of carbonyl (C=O) groups excluding carboxylic acids is 3. The van der Waals surface area contributed by atoms with Crippen LogP contribution in [0.1, 0.15) is 65.7 Å². The lowest BCUT2D eigenvalue weighted by atomic mass is 9.45. The number of carbonyl (C=O) groups is 3. The first-order chi connectivity index (χ1) is 13.6. The summed E-state index contributed by atoms with van der Waals surface area (Å²) in [5.41, 5.74) is -1.81. The highest BCUT2D eigenvalue weighted by Crippen LogP contribution is 2.67. The molecule has 0 spiro atoms. The second-order valence-corrected chi connectivity index (χ2v) is 10.0. The summed E-state index contributed by atoms with van der Waals surface area (Å²) in [6, 6.07) is 0. The highest BCUT2D eigenvalue weighted by molar-refractivity contribution is 5.92. The Morgan fingerprint density at radius 3 is 2.62 bits per heavy atom. The summed E-state index contributed by atoms with van der Waals surface area (Å²) in [4.78, 5) is 37.8. The Balaban J connectivity index is 1.75. The van der Waals surface area contributed by atoms with Gasteiger partial charge < -0.3 is 14.9 Å². The molecule has 0 amide bonds. The predicted molar refractivity (Wildman–Crippen MR) is 105 cm³/mol. The topological polar surface area (TPSA) is 101 Å². The third kappa shape index (κ3) is 2.64. The molecule has 7 atom stereocenters. The van der Waals surface area contributed by atoms with E-state index in [1.165, 1.54) is 12.5 Å². The van der Waals surface area contributed by atoms with Gasteiger partial charge in [0.2, 0.25) is 0 Å². The minimum absolute atomic E-state index is 0.0315. The lowest BCUT2D eigenvalue weighted by Gasteiger charge is -2.59. The van der Waals surface area contributed by atoms with Crippen LogP contribution in [-0.4, -0.2) is 46.1 Å². The minimum atomic E-state index is -1.65. The van der Waals surface area contributed by atoms with Gasteiger partial charge in [-0.3, -0.25) is 14.4 Å². The maximum atomic E-state index is 13.6. The van der Waals surface area contributed by atoms with E-state index in [9.17, 15) is 24.6 Å². The molecule has 3 saturated carbocycles. The molecule has 1 unspecified atom stereocenters. The third-order valence-electron chi connectivity index (χ3n) is 8.90. The van der Waals surface area contributed by atoms with Crippen molar-refractivity contribution in [2.24, 2.45) is 28.6 Å². The number of esters is 1. The van der Waals surface area contributed by atoms with Crippen LogP contribution in [0.15, 0.2) is 11.6 Å². The van der Waals surface area contributed by atoms with Crippen LogP contribution < -0.4 is 0 Å². The average Bonchev–Trinajstić information content (AvgIpc) is 2.92. The largest absolute Gasteiger partial charge is 0.462 e. The molecular formula is C23H32O6. The highest BCUT2D eigenvalue weighted by atomic mass is 16.5. The number of fused-ring (bicyclic) bond motifs is 5. The molecule has 4 rings (SSSR count). The fraction of sp³-hybridized carbons (Fsp3) is 0.783. The quantitative estimate of drug-likeness (QED) is 0.553. The zero-order chi connectivity index (χ0) is 21.2. The van der Waals surface area contributed by atoms with Crippen LogP contribution in [0.5, 0.6) is 0 Å². The van der Waals surface area contributed by atoms with Crippen LogP contribution in [0.25, 0.3) is 0 Å². The van der Waals surface area contributed by atoms with Crippen LogP contribution in [0.2, 0.25) is 0 Å². The molecule has 0 heterocycles. The van der Waals surface area contributed by atoms with Crippen LogP contribution >= 0.6 is 0 Å². The van der Waals surface area contributed by atoms with E-state index in [0.29, 0.717) is 12.8 Å². The molecule has 4 aliphatic carbocycles. The van der Waals surface area contributed by atoms with Crippen molar-refractivity contribution >= 4 is 17.5 Å². The van der Waals surface area contributed by atoms with Gasteiger partial charge in [0.25, 0.3) is 0 Å². The highest BCUT2D eigenvalue weighted by Gasteiger charge is 2.69. The Hall–Kier alpha value is -1.53. The smallest absolute Gasteiger partial charge is 0.302 e. The Morgan fingerprint density at radius 1 is 1.24 bits per heavy atom. The second kappa shape index (κ2) is 6.74. The average molecular weight is 405 g/mol. The molecule has 0 aromatic heterocycles. The molecule has 0 aromatic rings. The van der Waals surface area contributed by atoms with Crippen molar-refractivity contribution in [3.05, 3.63) is 11.6 Å². The maximum absolute atomic E-state index is 13.6. The zero-order valence-electron chi connectivity index (χ0n) is 17.6. The fourth-order valence-corrected chi connectivity index (χ4v) is 7.53. The van der Waals surface area contributed by atoms with Gasteiger partial charge in [0.05, 0.1) is 0 Å². The maximum Gasteiger partial charge on any atom is 0.302 e. The van der Waals surface area contributed by atoms with E-state index in [4.69, 9.17) is 4.74 Å². The normalized spacial score (nSPS) is 46.2. The molecule has 3 fully saturated rings. The van der Waals surface area contributed by atoms with E-state index >= 15 is 0 Å². The van der Waals surface area contributed by atoms with E-state index in [1.54, 1.807) is 0 Å². The first kappa shape index (κ1) is 20.7. The predicted octanol–water partition coefficient (Wildman–Crippen LogP) is 2.35. The molecule has 6 nitrogen and oxygen atoms in total. The summed E-state index contributed by atoms with van der Waals surface area (Å²) in [7, 11) is 0. The molecule has 2 N–H and O–H groups in total. The van der Waals surface area contributed by atoms with Crippen molar-refractivity contribution in [3.8, 4) is 0 Å². The SMILES string of the molecule is CC(=O)OC1CCC=C2CC[C@H]3[C@@H]4CC[C@](O)(C(=O)CO)[C@@]4(C)CC(=O)[C@@H]3[C@]21C. The van der Waals surface area contributed by atoms with Crippen molar-refractivity contribution in [3.63, 3.8) is 0 Å². The molecule has 0 aliphatic heterocycles. The van der Waals surface area contributed by atoms with E-state index in [0.717, 1.165) is 19.3 Å². The number of hydrogen-bond donors (Lipinski definition) is 2. The molecule has 0 bridgehead atoms. The molecule has 0 aromatic carbocycles. The lowest BCUT2D eigenvalue weighted by Crippen LogP contribution is -2.62. The van der Waals surface area contributed by atoms with E-state index in [1.807, 2.05) is 6.92 Å². The van der Waals surface area contributed by atoms with Crippen LogP contribution in [0.3, 0.4) is 0 Å². The Labute approximate surface area is 171 Å². The Morgan fingerprint density at radius 2 is 1.97 bits per heavy atom. The van der Waals surface area contributed by atoms with Crippen LogP contribution in [0.4, 0.5) is 0 Å². The molecule has 4 aliphatic rings. The number of allylic oxidation sites excluding steroid dienone is 1. The second-order valence-electron chi connectivity index (χ2n) is 10.0. The summed E-state index contributed by atoms with van der Waals surface area (Å²) in [5, 5.41) is 20.7. The van der Waals surface area contributed by atoms with Gasteiger partial charge >= 0.3 is 5.97 Å². The number of ketones is 2. The van der Waals surface area contributed by atoms with Gasteiger partial charge in [-0.2, -0.15) is 0 Å². The van der Waals surface area contributed by atoms with Gasteiger partial charge in [-0.1, -0.05) is 25.5 Å². The monoisotopic (exact) mass is 404 g/mol. The van der Waals surface area contributed by atoms with Gasteiger partial charge in [0.1, 0.15) is 24.1 Å². The lowest BCUT2D eigenvalue weighted by molar-refractivity contribution is -0.179. The van der Waals surface area contributed by atoms with Crippen molar-refractivity contribution < 1.29 is 29.3 Å². The molecular weight excluding hydrogens is 372 g/mol. The fourth-order valence-electron chi connectivity index (χ4n) is 7.53. The molecule has 160 valence electrons. The van der Waals surface area contributed by atoms with Gasteiger partial charge in [-0.15, -0.1) is 0 Å². The standard InChI is InChI=1S/C23H32O6/c1-13(25)29-19-6-4-5-14-7-8-15-16-9-10-23(28,18(27)12-24)21(16,2)11-17(26)20(15)22(14,19)3/h5,15-16,19-20,24,28H,4,6-12H2,1-3H3/t15-,16-,19?,20+,21-,22+,23-/m0/s1. The van der Waals surface area contributed by atoms with Crippen molar-refractivity contribution in [1.29, 1.82) is 0 Å². The van der Waals surface area contributed by atoms with Crippen molar-refractivity contribution in [2.45, 2.75) is 77.4 Å². The molecule has 0 saturated heterocycles. The van der Waals surface area contributed by atoms with Crippen molar-refractivity contribution in [2.75, 3.05) is 6.61 Å². The van der Waals surface area contributed by atoms with Crippen LogP contribution in [0, 0.1) is 28.6 Å². The molecule has 0 radical (unpaired) electrons. The summed E-state index contributed by atoms with van der Waals surface area (Å²) >= 11 is 0. The number of rotatable bonds is 3. The number of aliphatic hydroxyl groups is 2. The molecule has 6 heteroatoms. The number of aliphatic hydroxyl groups excluding tert-OH is 1. The van der Waals surface area contributed by atoms with Crippen molar-refractivity contribution in [1.82, 2.24) is 0 Å². The number of hydrogen-bond acceptors (Lipinski definition) is 6. The van der Waals surface area contributed by atoms with Gasteiger partial charge in [-0.25, -0.2) is 0 Å². The van der Waals surface area contributed by atoms with Crippen LogP contribution in [-0.2, 0) is 19.1 Å². The number of Topliss-reactive ketones (excluding diaryl/α,β-unsaturated/α-hetero) is 2. The third-order valence-corrected chi connectivity index (χ3v) is 8.90. The van der Waals surface area contributed by atoms with E-state index < -0.39 is 28.8 Å². The first-order valence-corrected chi connectivity index (χ1v) is 10.9. The minimum Gasteiger partial charge on any atom is -0.462 e. The van der Waals surface area contributed by atoms with Gasteiger partial charge in [-0.05, 0) is 50.4 Å².